The summed E-state index contributed by atoms with van der Waals surface area (Å²) >= 11 is 0. The van der Waals surface area contributed by atoms with E-state index >= 15 is 0 Å². The quantitative estimate of drug-likeness (QED) is 0.608. The van der Waals surface area contributed by atoms with Crippen LogP contribution in [0.25, 0.3) is 11.1 Å². The summed E-state index contributed by atoms with van der Waals surface area (Å²) in [7, 11) is 0. The van der Waals surface area contributed by atoms with Crippen LogP contribution < -0.4 is 9.64 Å². The molecule has 1 aliphatic carbocycles. The summed E-state index contributed by atoms with van der Waals surface area (Å²) in [6.07, 6.45) is 1.24. The SMILES string of the molecule is Cc1ccc(-c2ccccc2)c(C(=O)N2CC3CC3C2CN2COc3ccccc32)c1. The Bertz CT molecular complexity index is 1140. The molecule has 0 bridgehead atoms. The lowest BCUT2D eigenvalue weighted by molar-refractivity contribution is 0.0710. The van der Waals surface area contributed by atoms with Gasteiger partial charge in [-0.05, 0) is 54.5 Å². The normalized spacial score (nSPS) is 23.3. The highest BCUT2D eigenvalue weighted by molar-refractivity contribution is 6.01. The lowest BCUT2D eigenvalue weighted by Crippen LogP contribution is -2.45. The number of hydrogen-bond acceptors (Lipinski definition) is 3. The summed E-state index contributed by atoms with van der Waals surface area (Å²) in [5.41, 5.74) is 5.18. The average Bonchev–Trinajstić information content (AvgIpc) is 3.32. The molecule has 3 aromatic carbocycles. The van der Waals surface area contributed by atoms with Gasteiger partial charge in [0.15, 0.2) is 6.73 Å². The van der Waals surface area contributed by atoms with E-state index in [-0.39, 0.29) is 11.9 Å². The number of nitrogens with zero attached hydrogens (tertiary/aromatic N) is 2. The first kappa shape index (κ1) is 18.5. The van der Waals surface area contributed by atoms with Gasteiger partial charge < -0.3 is 14.5 Å². The van der Waals surface area contributed by atoms with Crippen LogP contribution in [0.1, 0.15) is 22.3 Å². The lowest BCUT2D eigenvalue weighted by atomic mass is 9.96. The Balaban J connectivity index is 1.31. The Hall–Kier alpha value is -3.27. The molecule has 3 aromatic rings. The van der Waals surface area contributed by atoms with Gasteiger partial charge in [-0.3, -0.25) is 4.79 Å². The number of likely N-dealkylation sites (tertiary alicyclic amines) is 1. The molecule has 31 heavy (non-hydrogen) atoms. The van der Waals surface area contributed by atoms with E-state index in [0.29, 0.717) is 18.6 Å². The molecule has 3 unspecified atom stereocenters. The number of ether oxygens (including phenoxy) is 1. The van der Waals surface area contributed by atoms with E-state index < -0.39 is 0 Å². The van der Waals surface area contributed by atoms with Crippen LogP contribution in [0.5, 0.6) is 5.75 Å². The molecule has 2 fully saturated rings. The van der Waals surface area contributed by atoms with Gasteiger partial charge >= 0.3 is 0 Å². The van der Waals surface area contributed by atoms with Gasteiger partial charge in [-0.2, -0.15) is 0 Å². The van der Waals surface area contributed by atoms with Gasteiger partial charge in [0.2, 0.25) is 0 Å². The van der Waals surface area contributed by atoms with Gasteiger partial charge in [0, 0.05) is 18.7 Å². The maximum absolute atomic E-state index is 13.9. The number of anilines is 1. The van der Waals surface area contributed by atoms with Crippen molar-refractivity contribution in [3.05, 3.63) is 83.9 Å². The van der Waals surface area contributed by atoms with Crippen molar-refractivity contribution in [2.24, 2.45) is 11.8 Å². The molecule has 2 aliphatic heterocycles. The fourth-order valence-corrected chi connectivity index (χ4v) is 5.33. The molecule has 1 amide bonds. The Kier molecular flexibility index (Phi) is 4.27. The van der Waals surface area contributed by atoms with Crippen LogP contribution in [0, 0.1) is 18.8 Å². The number of carbonyl (C=O) groups excluding carboxylic acids is 1. The summed E-state index contributed by atoms with van der Waals surface area (Å²) in [6.45, 7) is 4.32. The third-order valence-corrected chi connectivity index (χ3v) is 7.04. The van der Waals surface area contributed by atoms with E-state index in [9.17, 15) is 4.79 Å². The molecule has 1 saturated carbocycles. The first-order chi connectivity index (χ1) is 15.2. The Morgan fingerprint density at radius 1 is 1.03 bits per heavy atom. The topological polar surface area (TPSA) is 32.8 Å². The number of carbonyl (C=O) groups is 1. The first-order valence-electron chi connectivity index (χ1n) is 11.1. The van der Waals surface area contributed by atoms with E-state index in [1.165, 1.54) is 6.42 Å². The summed E-state index contributed by atoms with van der Waals surface area (Å²) in [6, 6.07) is 24.9. The maximum atomic E-state index is 13.9. The summed E-state index contributed by atoms with van der Waals surface area (Å²) in [5, 5.41) is 0. The molecule has 3 atom stereocenters. The van der Waals surface area contributed by atoms with Crippen LogP contribution in [0.2, 0.25) is 0 Å². The molecule has 0 N–H and O–H groups in total. The minimum absolute atomic E-state index is 0.160. The molecular formula is C27H26N2O2. The van der Waals surface area contributed by atoms with Gasteiger partial charge in [-0.15, -0.1) is 0 Å². The van der Waals surface area contributed by atoms with Gasteiger partial charge in [0.25, 0.3) is 5.91 Å². The zero-order valence-electron chi connectivity index (χ0n) is 17.7. The number of amides is 1. The average molecular weight is 411 g/mol. The minimum Gasteiger partial charge on any atom is -0.471 e. The van der Waals surface area contributed by atoms with Crippen molar-refractivity contribution in [2.75, 3.05) is 24.7 Å². The van der Waals surface area contributed by atoms with Crippen molar-refractivity contribution in [1.82, 2.24) is 4.90 Å². The molecule has 6 rings (SSSR count). The third-order valence-electron chi connectivity index (χ3n) is 7.04. The maximum Gasteiger partial charge on any atom is 0.254 e. The summed E-state index contributed by atoms with van der Waals surface area (Å²) in [5.74, 6) is 2.36. The van der Waals surface area contributed by atoms with Crippen molar-refractivity contribution in [2.45, 2.75) is 19.4 Å². The van der Waals surface area contributed by atoms with Gasteiger partial charge in [-0.1, -0.05) is 60.2 Å². The first-order valence-corrected chi connectivity index (χ1v) is 11.1. The van der Waals surface area contributed by atoms with Crippen LogP contribution in [-0.4, -0.2) is 36.7 Å². The highest BCUT2D eigenvalue weighted by atomic mass is 16.5. The van der Waals surface area contributed by atoms with Crippen LogP contribution in [0.15, 0.2) is 72.8 Å². The van der Waals surface area contributed by atoms with Crippen LogP contribution in [-0.2, 0) is 0 Å². The Morgan fingerprint density at radius 3 is 2.71 bits per heavy atom. The predicted molar refractivity (Wildman–Crippen MR) is 122 cm³/mol. The molecule has 4 nitrogen and oxygen atoms in total. The fraction of sp³-hybridized carbons (Fsp3) is 0.296. The second-order valence-corrected chi connectivity index (χ2v) is 9.06. The third kappa shape index (κ3) is 3.18. The Labute approximate surface area is 183 Å². The lowest BCUT2D eigenvalue weighted by Gasteiger charge is -2.32. The highest BCUT2D eigenvalue weighted by Gasteiger charge is 2.54. The number of rotatable bonds is 4. The van der Waals surface area contributed by atoms with Crippen molar-refractivity contribution >= 4 is 11.6 Å². The highest BCUT2D eigenvalue weighted by Crippen LogP contribution is 2.51. The van der Waals surface area contributed by atoms with Crippen molar-refractivity contribution in [3.8, 4) is 16.9 Å². The number of para-hydroxylation sites is 2. The van der Waals surface area contributed by atoms with E-state index in [1.54, 1.807) is 0 Å². The van der Waals surface area contributed by atoms with Crippen molar-refractivity contribution in [3.63, 3.8) is 0 Å². The molecule has 0 aromatic heterocycles. The molecule has 0 spiro atoms. The van der Waals surface area contributed by atoms with Gasteiger partial charge in [-0.25, -0.2) is 0 Å². The monoisotopic (exact) mass is 410 g/mol. The minimum atomic E-state index is 0.160. The van der Waals surface area contributed by atoms with E-state index in [4.69, 9.17) is 4.74 Å². The number of fused-ring (bicyclic) bond motifs is 2. The van der Waals surface area contributed by atoms with Crippen LogP contribution in [0.3, 0.4) is 0 Å². The molecule has 156 valence electrons. The van der Waals surface area contributed by atoms with E-state index in [2.05, 4.69) is 59.2 Å². The standard InChI is InChI=1S/C27H26N2O2/c1-18-11-12-21(19-7-3-2-4-8-19)23(13-18)27(30)29-15-20-14-22(20)25(29)16-28-17-31-26-10-6-5-9-24(26)28/h2-13,20,22,25H,14-17H2,1H3. The smallest absolute Gasteiger partial charge is 0.254 e. The molecular weight excluding hydrogens is 384 g/mol. The summed E-state index contributed by atoms with van der Waals surface area (Å²) in [4.78, 5) is 18.3. The summed E-state index contributed by atoms with van der Waals surface area (Å²) < 4.78 is 5.87. The van der Waals surface area contributed by atoms with Crippen molar-refractivity contribution < 1.29 is 9.53 Å². The largest absolute Gasteiger partial charge is 0.471 e. The van der Waals surface area contributed by atoms with Gasteiger partial charge in [0.1, 0.15) is 5.75 Å². The molecule has 3 aliphatic rings. The molecule has 1 saturated heterocycles. The Morgan fingerprint density at radius 2 is 1.84 bits per heavy atom. The number of aryl methyl sites for hydroxylation is 1. The van der Waals surface area contributed by atoms with E-state index in [0.717, 1.165) is 46.8 Å². The molecule has 4 heteroatoms. The molecule has 0 radical (unpaired) electrons. The van der Waals surface area contributed by atoms with Crippen LogP contribution >= 0.6 is 0 Å². The number of benzene rings is 3. The number of piperidine rings is 1. The number of hydrogen-bond donors (Lipinski definition) is 0. The second-order valence-electron chi connectivity index (χ2n) is 9.06. The second kappa shape index (κ2) is 7.16. The van der Waals surface area contributed by atoms with Crippen LogP contribution in [0.4, 0.5) is 5.69 Å². The van der Waals surface area contributed by atoms with Gasteiger partial charge in [0.05, 0.1) is 11.7 Å². The van der Waals surface area contributed by atoms with E-state index in [1.807, 2.05) is 30.3 Å². The zero-order valence-corrected chi connectivity index (χ0v) is 17.7. The predicted octanol–water partition coefficient (Wildman–Crippen LogP) is 4.98. The molecule has 2 heterocycles. The van der Waals surface area contributed by atoms with Crippen molar-refractivity contribution in [1.29, 1.82) is 0 Å². The zero-order chi connectivity index (χ0) is 20.9. The fourth-order valence-electron chi connectivity index (χ4n) is 5.33.